The molecule has 0 radical (unpaired) electrons. The number of benzene rings is 1. The Labute approximate surface area is 258 Å². The molecule has 3 aromatic rings. The van der Waals surface area contributed by atoms with Crippen LogP contribution in [0.15, 0.2) is 48.8 Å². The fraction of sp³-hybridized carbons (Fsp3) is 0.464. The molecule has 17 heteroatoms. The molecule has 1 aromatic carbocycles. The van der Waals surface area contributed by atoms with Crippen molar-refractivity contribution < 1.29 is 51.3 Å². The third kappa shape index (κ3) is 7.76. The van der Waals surface area contributed by atoms with Crippen LogP contribution in [0.5, 0.6) is 5.75 Å². The third-order valence-corrected chi connectivity index (χ3v) is 8.23. The summed E-state index contributed by atoms with van der Waals surface area (Å²) in [5, 5.41) is 6.69. The van der Waals surface area contributed by atoms with Gasteiger partial charge in [0.05, 0.1) is 18.4 Å². The number of hydrogen-bond donors (Lipinski definition) is 2. The molecule has 244 valence electrons. The lowest BCUT2D eigenvalue weighted by molar-refractivity contribution is -0.172. The fourth-order valence-corrected chi connectivity index (χ4v) is 6.27. The van der Waals surface area contributed by atoms with E-state index in [-0.39, 0.29) is 17.3 Å². The number of alkyl halides is 1. The van der Waals surface area contributed by atoms with Gasteiger partial charge in [0, 0.05) is 13.8 Å². The highest BCUT2D eigenvalue weighted by Crippen LogP contribution is 2.50. The maximum atomic E-state index is 15.3. The summed E-state index contributed by atoms with van der Waals surface area (Å²) in [6, 6.07) is 9.84. The number of esters is 3. The highest BCUT2D eigenvalue weighted by molar-refractivity contribution is 7.52. The molecule has 1 saturated heterocycles. The van der Waals surface area contributed by atoms with E-state index in [2.05, 4.69) is 15.2 Å². The van der Waals surface area contributed by atoms with Gasteiger partial charge in [0.15, 0.2) is 23.6 Å². The van der Waals surface area contributed by atoms with Crippen LogP contribution in [-0.4, -0.2) is 75.7 Å². The van der Waals surface area contributed by atoms with Gasteiger partial charge in [-0.25, -0.2) is 18.5 Å². The number of rotatable bonds is 13. The first-order chi connectivity index (χ1) is 21.3. The van der Waals surface area contributed by atoms with E-state index < -0.39 is 75.0 Å². The average Bonchev–Trinajstić information content (AvgIpc) is 3.52. The summed E-state index contributed by atoms with van der Waals surface area (Å²) in [5.41, 5.74) is 4.41. The minimum atomic E-state index is -4.52. The van der Waals surface area contributed by atoms with Gasteiger partial charge < -0.3 is 29.2 Å². The number of nitrogens with one attached hydrogen (secondary N) is 1. The summed E-state index contributed by atoms with van der Waals surface area (Å²) in [7, 11) is -4.52. The van der Waals surface area contributed by atoms with E-state index in [9.17, 15) is 18.9 Å². The number of nitrogens with zero attached hydrogens (tertiary/aromatic N) is 3. The first kappa shape index (κ1) is 33.8. The SMILES string of the molecule is CC(=O)O[C@H]1[C@H](c2ccc3c(N)ncnn23)O[C@](CF)(CO[P@@](=O)(N[C@@H](C)C(=O)OC(C)C)Oc2ccccc2)[C@H]1OC(C)=O. The Kier molecular flexibility index (Phi) is 10.4. The molecular weight excluding hydrogens is 616 g/mol. The van der Waals surface area contributed by atoms with Crippen LogP contribution in [0.25, 0.3) is 5.52 Å². The Morgan fingerprint density at radius 3 is 2.42 bits per heavy atom. The van der Waals surface area contributed by atoms with Crippen molar-refractivity contribution >= 4 is 37.0 Å². The normalized spacial score (nSPS) is 23.3. The van der Waals surface area contributed by atoms with Gasteiger partial charge in [-0.05, 0) is 45.0 Å². The largest absolute Gasteiger partial charge is 0.462 e. The quantitative estimate of drug-likeness (QED) is 0.156. The monoisotopic (exact) mass is 651 g/mol. The molecule has 1 fully saturated rings. The third-order valence-electron chi connectivity index (χ3n) is 6.61. The second-order valence-corrected chi connectivity index (χ2v) is 12.2. The fourth-order valence-electron chi connectivity index (χ4n) is 4.72. The van der Waals surface area contributed by atoms with Gasteiger partial charge in [-0.2, -0.15) is 10.2 Å². The number of nitrogen functional groups attached to an aromatic ring is 1. The van der Waals surface area contributed by atoms with Gasteiger partial charge in [-0.15, -0.1) is 0 Å². The van der Waals surface area contributed by atoms with Gasteiger partial charge in [0.25, 0.3) is 0 Å². The summed E-state index contributed by atoms with van der Waals surface area (Å²) >= 11 is 0. The molecule has 1 aliphatic rings. The molecule has 2 aromatic heterocycles. The summed E-state index contributed by atoms with van der Waals surface area (Å²) < 4.78 is 64.6. The molecule has 0 saturated carbocycles. The standard InChI is InChI=1S/C28H35FN5O10P/c1-16(2)40-27(37)17(3)33-45(38,44-20-9-7-6-8-10-20)39-14-28(13-29)25(42-19(5)36)24(41-18(4)35)23(43-28)21-11-12-22-26(30)31-15-32-34(21)22/h6-12,15-17,23-25H,13-14H2,1-5H3,(H,33,38)(H2,30,31,32)/t17-,23-,24-,25-,28+,45-/m0/s1. The molecule has 0 spiro atoms. The lowest BCUT2D eigenvalue weighted by Crippen LogP contribution is -2.52. The highest BCUT2D eigenvalue weighted by Gasteiger charge is 2.61. The van der Waals surface area contributed by atoms with Crippen molar-refractivity contribution in [3.8, 4) is 5.75 Å². The molecule has 3 N–H and O–H groups in total. The molecule has 15 nitrogen and oxygen atoms in total. The van der Waals surface area contributed by atoms with Crippen LogP contribution in [0.2, 0.25) is 0 Å². The second kappa shape index (κ2) is 13.9. The zero-order valence-corrected chi connectivity index (χ0v) is 26.1. The van der Waals surface area contributed by atoms with Crippen LogP contribution in [-0.2, 0) is 42.4 Å². The zero-order valence-electron chi connectivity index (χ0n) is 25.2. The van der Waals surface area contributed by atoms with Crippen LogP contribution in [0, 0.1) is 0 Å². The van der Waals surface area contributed by atoms with E-state index in [0.29, 0.717) is 5.52 Å². The number of aromatic nitrogens is 3. The molecule has 1 aliphatic heterocycles. The molecule has 6 atom stereocenters. The van der Waals surface area contributed by atoms with E-state index in [1.165, 1.54) is 29.9 Å². The number of hydrogen-bond acceptors (Lipinski definition) is 13. The second-order valence-electron chi connectivity index (χ2n) is 10.6. The number of nitrogens with two attached hydrogens (primary N) is 1. The Balaban J connectivity index is 1.73. The Morgan fingerprint density at radius 2 is 1.80 bits per heavy atom. The predicted molar refractivity (Wildman–Crippen MR) is 155 cm³/mol. The number of para-hydroxylation sites is 1. The van der Waals surface area contributed by atoms with Crippen LogP contribution in [0.3, 0.4) is 0 Å². The first-order valence-electron chi connectivity index (χ1n) is 13.9. The average molecular weight is 652 g/mol. The Hall–Kier alpha value is -4.11. The van der Waals surface area contributed by atoms with E-state index in [1.54, 1.807) is 44.2 Å². The predicted octanol–water partition coefficient (Wildman–Crippen LogP) is 3.09. The van der Waals surface area contributed by atoms with Crippen molar-refractivity contribution in [2.24, 2.45) is 0 Å². The maximum absolute atomic E-state index is 15.3. The van der Waals surface area contributed by atoms with Crippen LogP contribution >= 0.6 is 7.75 Å². The van der Waals surface area contributed by atoms with Crippen LogP contribution < -0.4 is 15.3 Å². The number of carbonyl (C=O) groups is 3. The maximum Gasteiger partial charge on any atom is 0.459 e. The minimum absolute atomic E-state index is 0.100. The van der Waals surface area contributed by atoms with Crippen molar-refractivity contribution in [1.82, 2.24) is 19.7 Å². The Bertz CT molecular complexity index is 1570. The molecule has 0 bridgehead atoms. The molecule has 45 heavy (non-hydrogen) atoms. The van der Waals surface area contributed by atoms with Gasteiger partial charge in [0.2, 0.25) is 0 Å². The smallest absolute Gasteiger partial charge is 0.459 e. The molecule has 0 amide bonds. The van der Waals surface area contributed by atoms with E-state index in [4.69, 9.17) is 33.7 Å². The van der Waals surface area contributed by atoms with Crippen LogP contribution in [0.1, 0.15) is 46.4 Å². The van der Waals surface area contributed by atoms with E-state index in [0.717, 1.165) is 13.8 Å². The van der Waals surface area contributed by atoms with Gasteiger partial charge in [-0.1, -0.05) is 18.2 Å². The first-order valence-corrected chi connectivity index (χ1v) is 15.5. The zero-order chi connectivity index (χ0) is 32.9. The van der Waals surface area contributed by atoms with Crippen molar-refractivity contribution in [3.05, 3.63) is 54.5 Å². The topological polar surface area (TPSA) is 192 Å². The number of ether oxygens (including phenoxy) is 4. The molecule has 0 unspecified atom stereocenters. The van der Waals surface area contributed by atoms with Gasteiger partial charge >= 0.3 is 25.7 Å². The molecule has 0 aliphatic carbocycles. The van der Waals surface area contributed by atoms with E-state index in [1.807, 2.05) is 0 Å². The lowest BCUT2D eigenvalue weighted by atomic mass is 9.95. The van der Waals surface area contributed by atoms with Crippen molar-refractivity contribution in [3.63, 3.8) is 0 Å². The summed E-state index contributed by atoms with van der Waals surface area (Å²) in [6.07, 6.45) is -3.58. The summed E-state index contributed by atoms with van der Waals surface area (Å²) in [5.74, 6) is -2.16. The molecule has 4 rings (SSSR count). The Morgan fingerprint density at radius 1 is 1.11 bits per heavy atom. The van der Waals surface area contributed by atoms with Gasteiger partial charge in [-0.3, -0.25) is 18.9 Å². The van der Waals surface area contributed by atoms with Crippen molar-refractivity contribution in [2.75, 3.05) is 19.0 Å². The minimum Gasteiger partial charge on any atom is -0.462 e. The van der Waals surface area contributed by atoms with Crippen molar-refractivity contribution in [1.29, 1.82) is 0 Å². The number of halogens is 1. The number of carbonyl (C=O) groups excluding carboxylic acids is 3. The van der Waals surface area contributed by atoms with Crippen molar-refractivity contribution in [2.45, 2.75) is 70.7 Å². The number of anilines is 1. The van der Waals surface area contributed by atoms with E-state index >= 15 is 4.39 Å². The highest BCUT2D eigenvalue weighted by atomic mass is 31.2. The summed E-state index contributed by atoms with van der Waals surface area (Å²) in [6.45, 7) is 4.64. The van der Waals surface area contributed by atoms with Gasteiger partial charge in [0.1, 0.15) is 36.4 Å². The summed E-state index contributed by atoms with van der Waals surface area (Å²) in [4.78, 5) is 41.0. The molecular formula is C28H35FN5O10P. The van der Waals surface area contributed by atoms with Crippen LogP contribution in [0.4, 0.5) is 10.2 Å². The molecule has 3 heterocycles. The number of fused-ring (bicyclic) bond motifs is 1. The lowest BCUT2D eigenvalue weighted by Gasteiger charge is -2.33.